The zero-order valence-corrected chi connectivity index (χ0v) is 20.8. The topological polar surface area (TPSA) is 101 Å². The number of cyclic esters (lactones) is 1. The van der Waals surface area contributed by atoms with Crippen LogP contribution in [0.25, 0.3) is 17.3 Å². The summed E-state index contributed by atoms with van der Waals surface area (Å²) in [6.45, 7) is 5.17. The van der Waals surface area contributed by atoms with Gasteiger partial charge in [-0.1, -0.05) is 16.8 Å². The van der Waals surface area contributed by atoms with Crippen molar-refractivity contribution in [3.8, 4) is 11.3 Å². The summed E-state index contributed by atoms with van der Waals surface area (Å²) in [4.78, 5) is 26.8. The molecule has 0 unspecified atom stereocenters. The van der Waals surface area contributed by atoms with Crippen LogP contribution >= 0.6 is 11.5 Å². The molecule has 9 nitrogen and oxygen atoms in total. The van der Waals surface area contributed by atoms with Gasteiger partial charge < -0.3 is 19.5 Å². The molecule has 2 aromatic heterocycles. The Balaban J connectivity index is 1.23. The number of rotatable bonds is 6. The van der Waals surface area contributed by atoms with E-state index in [2.05, 4.69) is 20.9 Å². The number of hydrogen-bond acceptors (Lipinski definition) is 8. The average Bonchev–Trinajstić information content (AvgIpc) is 3.58. The predicted molar refractivity (Wildman–Crippen MR) is 134 cm³/mol. The van der Waals surface area contributed by atoms with Gasteiger partial charge in [-0.3, -0.25) is 9.69 Å². The van der Waals surface area contributed by atoms with Crippen LogP contribution in [-0.4, -0.2) is 53.8 Å². The zero-order valence-electron chi connectivity index (χ0n) is 20.0. The van der Waals surface area contributed by atoms with Crippen LogP contribution in [0.3, 0.4) is 0 Å². The lowest BCUT2D eigenvalue weighted by Crippen LogP contribution is -2.33. The van der Waals surface area contributed by atoms with Crippen LogP contribution in [0.4, 0.5) is 20.6 Å². The minimum atomic E-state index is -0.549. The fourth-order valence-corrected chi connectivity index (χ4v) is 5.18. The summed E-state index contributed by atoms with van der Waals surface area (Å²) in [5.74, 6) is -0.587. The normalized spacial score (nSPS) is 17.9. The summed E-state index contributed by atoms with van der Waals surface area (Å²) in [6, 6.07) is 4.80. The predicted octanol–water partition coefficient (Wildman–Crippen LogP) is 4.39. The third-order valence-corrected chi connectivity index (χ3v) is 7.12. The van der Waals surface area contributed by atoms with E-state index in [9.17, 15) is 9.59 Å². The van der Waals surface area contributed by atoms with Crippen LogP contribution in [0.1, 0.15) is 31.0 Å². The molecule has 0 spiro atoms. The molecule has 0 bridgehead atoms. The van der Waals surface area contributed by atoms with Gasteiger partial charge in [0.1, 0.15) is 23.9 Å². The highest BCUT2D eigenvalue weighted by Crippen LogP contribution is 2.32. The summed E-state index contributed by atoms with van der Waals surface area (Å²) in [7, 11) is 0. The first-order valence-electron chi connectivity index (χ1n) is 11.7. The molecule has 1 aromatic carbocycles. The Labute approximate surface area is 211 Å². The Hall–Kier alpha value is -3.73. The smallest absolute Gasteiger partial charge is 0.414 e. The van der Waals surface area contributed by atoms with Gasteiger partial charge in [0.2, 0.25) is 5.91 Å². The first kappa shape index (κ1) is 24.0. The van der Waals surface area contributed by atoms with Gasteiger partial charge in [-0.15, -0.1) is 0 Å². The van der Waals surface area contributed by atoms with Crippen molar-refractivity contribution in [2.45, 2.75) is 32.8 Å². The van der Waals surface area contributed by atoms with Crippen molar-refractivity contribution >= 4 is 41.0 Å². The fourth-order valence-electron chi connectivity index (χ4n) is 4.49. The molecule has 2 aliphatic rings. The number of anilines is 2. The molecule has 36 heavy (non-hydrogen) atoms. The number of aromatic nitrogens is 2. The van der Waals surface area contributed by atoms with Crippen LogP contribution < -0.4 is 15.1 Å². The maximum atomic E-state index is 15.1. The number of ether oxygens (including phenoxy) is 1. The number of nitrogens with zero attached hydrogens (tertiary/aromatic N) is 4. The lowest BCUT2D eigenvalue weighted by Gasteiger charge is -2.31. The molecule has 11 heteroatoms. The van der Waals surface area contributed by atoms with E-state index >= 15 is 4.39 Å². The molecular formula is C25H26FN5O4S. The third-order valence-electron chi connectivity index (χ3n) is 6.40. The summed E-state index contributed by atoms with van der Waals surface area (Å²) < 4.78 is 29.9. The highest BCUT2D eigenvalue weighted by atomic mass is 32.1. The van der Waals surface area contributed by atoms with Gasteiger partial charge >= 0.3 is 6.09 Å². The molecule has 0 radical (unpaired) electrons. The summed E-state index contributed by atoms with van der Waals surface area (Å²) >= 11 is 1.39. The number of benzene rings is 1. The quantitative estimate of drug-likeness (QED) is 0.524. The van der Waals surface area contributed by atoms with Crippen molar-refractivity contribution in [3.05, 3.63) is 52.5 Å². The highest BCUT2D eigenvalue weighted by molar-refractivity contribution is 7.04. The van der Waals surface area contributed by atoms with Crippen molar-refractivity contribution < 1.29 is 23.2 Å². The second-order valence-corrected chi connectivity index (χ2v) is 9.54. The first-order chi connectivity index (χ1) is 17.4. The fraction of sp³-hybridized carbons (Fsp3) is 0.360. The van der Waals surface area contributed by atoms with Crippen LogP contribution in [-0.2, 0) is 9.53 Å². The van der Waals surface area contributed by atoms with Crippen LogP contribution in [0.2, 0.25) is 0 Å². The zero-order chi connectivity index (χ0) is 25.2. The average molecular weight is 512 g/mol. The van der Waals surface area contributed by atoms with Gasteiger partial charge in [0.25, 0.3) is 0 Å². The lowest BCUT2D eigenvalue weighted by atomic mass is 9.99. The number of piperidine rings is 1. The number of nitrogens with one attached hydrogen (secondary N) is 1. The maximum Gasteiger partial charge on any atom is 0.414 e. The van der Waals surface area contributed by atoms with Gasteiger partial charge in [0.05, 0.1) is 30.2 Å². The molecule has 5 rings (SSSR count). The second-order valence-electron chi connectivity index (χ2n) is 8.91. The van der Waals surface area contributed by atoms with Crippen molar-refractivity contribution in [1.82, 2.24) is 14.8 Å². The largest absolute Gasteiger partial charge is 0.442 e. The van der Waals surface area contributed by atoms with Crippen LogP contribution in [0.15, 0.2) is 39.9 Å². The number of carbonyl (C=O) groups is 2. The van der Waals surface area contributed by atoms with Crippen molar-refractivity contribution in [1.29, 1.82) is 0 Å². The molecule has 1 N–H and O–H groups in total. The first-order valence-corrected chi connectivity index (χ1v) is 12.5. The standard InChI is InChI=1S/C25H26FN5O4S/c1-15-21(14-36-29-15)24-18(13-34-28-24)9-17-5-7-30(8-6-17)23-4-3-19(10-22(23)26)31-12-20(35-25(31)33)11-27-16(2)32/h3-4,9-10,13-14,20H,5-8,11-12H2,1-2H3,(H,27,32)/t20-/m0/s1. The van der Waals surface area contributed by atoms with E-state index < -0.39 is 12.2 Å². The second kappa shape index (κ2) is 10.1. The van der Waals surface area contributed by atoms with Gasteiger partial charge in [-0.2, -0.15) is 4.37 Å². The molecular weight excluding hydrogens is 485 g/mol. The van der Waals surface area contributed by atoms with E-state index in [1.807, 2.05) is 17.2 Å². The summed E-state index contributed by atoms with van der Waals surface area (Å²) in [6.07, 6.45) is 4.31. The SMILES string of the molecule is CC(=O)NC[C@H]1CN(c2ccc(N3CCC(=Cc4conc4-c4csnc4C)CC3)c(F)c2)C(=O)O1. The van der Waals surface area contributed by atoms with E-state index in [0.29, 0.717) is 24.5 Å². The third kappa shape index (κ3) is 4.97. The Morgan fingerprint density at radius 3 is 2.83 bits per heavy atom. The Kier molecular flexibility index (Phi) is 6.73. The van der Waals surface area contributed by atoms with Crippen molar-refractivity contribution in [2.75, 3.05) is 36.0 Å². The van der Waals surface area contributed by atoms with E-state index in [4.69, 9.17) is 9.26 Å². The minimum Gasteiger partial charge on any atom is -0.442 e. The number of halogens is 1. The van der Waals surface area contributed by atoms with Crippen molar-refractivity contribution in [3.63, 3.8) is 0 Å². The molecule has 2 fully saturated rings. The van der Waals surface area contributed by atoms with E-state index in [1.165, 1.54) is 35.0 Å². The van der Waals surface area contributed by atoms with E-state index in [1.54, 1.807) is 18.4 Å². The van der Waals surface area contributed by atoms with Gasteiger partial charge in [-0.05, 0) is 49.5 Å². The van der Waals surface area contributed by atoms with Crippen LogP contribution in [0.5, 0.6) is 0 Å². The number of hydrogen-bond donors (Lipinski definition) is 1. The summed E-state index contributed by atoms with van der Waals surface area (Å²) in [5, 5.41) is 8.76. The monoisotopic (exact) mass is 511 g/mol. The molecule has 1 atom stereocenters. The maximum absolute atomic E-state index is 15.1. The molecule has 0 aliphatic carbocycles. The molecule has 0 saturated carbocycles. The number of amides is 2. The van der Waals surface area contributed by atoms with Gasteiger partial charge in [0, 0.05) is 36.5 Å². The Morgan fingerprint density at radius 1 is 1.33 bits per heavy atom. The van der Waals surface area contributed by atoms with Crippen molar-refractivity contribution in [2.24, 2.45) is 0 Å². The number of aryl methyl sites for hydroxylation is 1. The molecule has 2 amide bonds. The number of carbonyl (C=O) groups excluding carboxylic acids is 2. The summed E-state index contributed by atoms with van der Waals surface area (Å²) in [5.41, 5.74) is 5.80. The van der Waals surface area contributed by atoms with Crippen LogP contribution in [0, 0.1) is 12.7 Å². The van der Waals surface area contributed by atoms with Gasteiger partial charge in [-0.25, -0.2) is 9.18 Å². The minimum absolute atomic E-state index is 0.198. The Bertz CT molecular complexity index is 1310. The highest BCUT2D eigenvalue weighted by Gasteiger charge is 2.33. The van der Waals surface area contributed by atoms with Gasteiger partial charge in [0.15, 0.2) is 0 Å². The lowest BCUT2D eigenvalue weighted by molar-refractivity contribution is -0.119. The van der Waals surface area contributed by atoms with E-state index in [-0.39, 0.29) is 24.8 Å². The molecule has 4 heterocycles. The molecule has 188 valence electrons. The Morgan fingerprint density at radius 2 is 2.14 bits per heavy atom. The molecule has 3 aromatic rings. The van der Waals surface area contributed by atoms with E-state index in [0.717, 1.165) is 35.4 Å². The molecule has 2 aliphatic heterocycles. The molecule has 2 saturated heterocycles.